The van der Waals surface area contributed by atoms with E-state index < -0.39 is 46.4 Å². The Hall–Kier alpha value is -5.31. The Morgan fingerprint density at radius 1 is 0.905 bits per heavy atom. The average molecular weight is 561 g/mol. The lowest BCUT2D eigenvalue weighted by molar-refractivity contribution is -0.384. The lowest BCUT2D eigenvalue weighted by Crippen LogP contribution is -2.42. The molecule has 208 valence electrons. The molecule has 4 aromatic rings. The van der Waals surface area contributed by atoms with Crippen molar-refractivity contribution in [1.82, 2.24) is 0 Å². The highest BCUT2D eigenvalue weighted by atomic mass is 16.6. The lowest BCUT2D eigenvalue weighted by atomic mass is 9.64. The number of hydrogen-bond acceptors (Lipinski definition) is 7. The quantitative estimate of drug-likeness (QED) is 0.105. The van der Waals surface area contributed by atoms with Crippen LogP contribution in [0.25, 0.3) is 16.3 Å². The number of fused-ring (bicyclic) bond motifs is 7. The third kappa shape index (κ3) is 3.66. The monoisotopic (exact) mass is 560 g/mol. The molecule has 0 saturated carbocycles. The molecule has 1 aliphatic carbocycles. The number of carbonyl (C=O) groups is 3. The molecule has 4 aromatic carbocycles. The van der Waals surface area contributed by atoms with Gasteiger partial charge in [0.05, 0.1) is 35.5 Å². The van der Waals surface area contributed by atoms with Crippen molar-refractivity contribution in [2.75, 3.05) is 12.0 Å². The Morgan fingerprint density at radius 2 is 1.64 bits per heavy atom. The number of amides is 2. The molecule has 2 aliphatic heterocycles. The number of rotatable bonds is 4. The van der Waals surface area contributed by atoms with Crippen molar-refractivity contribution in [3.8, 4) is 11.5 Å². The van der Waals surface area contributed by atoms with Gasteiger partial charge in [0.15, 0.2) is 0 Å². The minimum Gasteiger partial charge on any atom is -0.497 e. The van der Waals surface area contributed by atoms with Crippen LogP contribution >= 0.6 is 0 Å². The topological polar surface area (TPSA) is 116 Å². The number of benzene rings is 4. The first-order valence-corrected chi connectivity index (χ1v) is 13.5. The van der Waals surface area contributed by atoms with E-state index in [4.69, 9.17) is 9.47 Å². The van der Waals surface area contributed by atoms with Gasteiger partial charge in [-0.05, 0) is 41.1 Å². The summed E-state index contributed by atoms with van der Waals surface area (Å²) in [6.45, 7) is 1.68. The summed E-state index contributed by atoms with van der Waals surface area (Å²) < 4.78 is 11.3. The number of ether oxygens (including phenoxy) is 2. The van der Waals surface area contributed by atoms with Gasteiger partial charge in [0, 0.05) is 29.0 Å². The van der Waals surface area contributed by atoms with E-state index in [2.05, 4.69) is 0 Å². The molecule has 1 fully saturated rings. The Kier molecular flexibility index (Phi) is 5.72. The number of anilines is 1. The molecule has 9 nitrogen and oxygen atoms in total. The zero-order valence-electron chi connectivity index (χ0n) is 22.6. The van der Waals surface area contributed by atoms with Gasteiger partial charge in [-0.2, -0.15) is 0 Å². The van der Waals surface area contributed by atoms with Crippen LogP contribution in [0.15, 0.2) is 84.9 Å². The Labute approximate surface area is 240 Å². The summed E-state index contributed by atoms with van der Waals surface area (Å²) in [6, 6.07) is 22.8. The standard InChI is InChI=1S/C33H24N2O7/c1-17-7-11-20(35(39)40)15-26(17)34-31(36)27-24(19-8-12-21(41-2)13-9-19)16-25-23-14-10-18-5-3-4-6-22(18)30(23)42-33(38)28(25)29(27)32(34)37/h3-16,24,27-29H,1-2H3/t24-,27-,28-,29+/m0/s1. The number of nitrogens with zero attached hydrogens (tertiary/aromatic N) is 2. The number of imide groups is 1. The van der Waals surface area contributed by atoms with Crippen molar-refractivity contribution in [1.29, 1.82) is 0 Å². The molecule has 9 heteroatoms. The van der Waals surface area contributed by atoms with E-state index >= 15 is 0 Å². The van der Waals surface area contributed by atoms with Gasteiger partial charge in [-0.3, -0.25) is 24.5 Å². The zero-order chi connectivity index (χ0) is 29.3. The molecule has 0 radical (unpaired) electrons. The minimum absolute atomic E-state index is 0.138. The predicted octanol–water partition coefficient (Wildman–Crippen LogP) is 5.59. The molecule has 0 spiro atoms. The number of aryl methyl sites for hydroxylation is 1. The summed E-state index contributed by atoms with van der Waals surface area (Å²) >= 11 is 0. The summed E-state index contributed by atoms with van der Waals surface area (Å²) in [5, 5.41) is 13.2. The molecule has 2 amide bonds. The van der Waals surface area contributed by atoms with Crippen molar-refractivity contribution < 1.29 is 28.8 Å². The first kappa shape index (κ1) is 25.6. The average Bonchev–Trinajstić information content (AvgIpc) is 3.26. The van der Waals surface area contributed by atoms with E-state index in [1.165, 1.54) is 18.2 Å². The van der Waals surface area contributed by atoms with Gasteiger partial charge >= 0.3 is 5.97 Å². The van der Waals surface area contributed by atoms with Crippen LogP contribution in [0.1, 0.15) is 22.6 Å². The minimum atomic E-state index is -1.06. The van der Waals surface area contributed by atoms with Crippen LogP contribution in [-0.4, -0.2) is 29.8 Å². The summed E-state index contributed by atoms with van der Waals surface area (Å²) in [4.78, 5) is 54.3. The number of nitro benzene ring substituents is 1. The summed E-state index contributed by atoms with van der Waals surface area (Å²) in [5.74, 6) is -4.19. The summed E-state index contributed by atoms with van der Waals surface area (Å²) in [6.07, 6.45) is 1.91. The van der Waals surface area contributed by atoms with Gasteiger partial charge in [-0.15, -0.1) is 0 Å². The van der Waals surface area contributed by atoms with Crippen LogP contribution in [0, 0.1) is 34.8 Å². The maximum atomic E-state index is 14.3. The fourth-order valence-corrected chi connectivity index (χ4v) is 6.63. The van der Waals surface area contributed by atoms with Crippen molar-refractivity contribution in [2.24, 2.45) is 17.8 Å². The first-order valence-electron chi connectivity index (χ1n) is 13.5. The molecule has 0 unspecified atom stereocenters. The van der Waals surface area contributed by atoms with Crippen LogP contribution in [0.3, 0.4) is 0 Å². The molecule has 42 heavy (non-hydrogen) atoms. The lowest BCUT2D eigenvalue weighted by Gasteiger charge is -2.38. The Bertz CT molecular complexity index is 1880. The van der Waals surface area contributed by atoms with Crippen LogP contribution < -0.4 is 14.4 Å². The Morgan fingerprint density at radius 3 is 2.38 bits per heavy atom. The molecule has 4 atom stereocenters. The molecule has 3 aliphatic rings. The van der Waals surface area contributed by atoms with Gasteiger partial charge in [0.2, 0.25) is 11.8 Å². The predicted molar refractivity (Wildman–Crippen MR) is 154 cm³/mol. The van der Waals surface area contributed by atoms with E-state index in [0.717, 1.165) is 21.2 Å². The molecular formula is C33H24N2O7. The number of esters is 1. The second-order valence-corrected chi connectivity index (χ2v) is 10.8. The third-order valence-electron chi connectivity index (χ3n) is 8.63. The highest BCUT2D eigenvalue weighted by Gasteiger charge is 2.60. The third-order valence-corrected chi connectivity index (χ3v) is 8.63. The van der Waals surface area contributed by atoms with E-state index in [-0.39, 0.29) is 11.4 Å². The van der Waals surface area contributed by atoms with Gasteiger partial charge < -0.3 is 9.47 Å². The fourth-order valence-electron chi connectivity index (χ4n) is 6.63. The number of non-ortho nitro benzene ring substituents is 1. The second-order valence-electron chi connectivity index (χ2n) is 10.8. The van der Waals surface area contributed by atoms with Crippen LogP contribution in [0.2, 0.25) is 0 Å². The van der Waals surface area contributed by atoms with Gasteiger partial charge in [0.25, 0.3) is 5.69 Å². The zero-order valence-corrected chi connectivity index (χ0v) is 22.6. The van der Waals surface area contributed by atoms with Crippen LogP contribution in [0.4, 0.5) is 11.4 Å². The van der Waals surface area contributed by atoms with Crippen LogP contribution in [0.5, 0.6) is 11.5 Å². The molecular weight excluding hydrogens is 536 g/mol. The van der Waals surface area contributed by atoms with Crippen molar-refractivity contribution in [3.05, 3.63) is 112 Å². The molecule has 0 bridgehead atoms. The maximum absolute atomic E-state index is 14.3. The fraction of sp³-hybridized carbons (Fsp3) is 0.182. The van der Waals surface area contributed by atoms with Crippen LogP contribution in [-0.2, 0) is 14.4 Å². The smallest absolute Gasteiger partial charge is 0.319 e. The van der Waals surface area contributed by atoms with Gasteiger partial charge in [0.1, 0.15) is 11.5 Å². The molecule has 1 saturated heterocycles. The first-order chi connectivity index (χ1) is 20.3. The van der Waals surface area contributed by atoms with E-state index in [1.54, 1.807) is 26.2 Å². The number of nitro groups is 1. The van der Waals surface area contributed by atoms with Crippen molar-refractivity contribution in [3.63, 3.8) is 0 Å². The molecule has 0 aromatic heterocycles. The summed E-state index contributed by atoms with van der Waals surface area (Å²) in [5.41, 5.74) is 2.52. The highest BCUT2D eigenvalue weighted by molar-refractivity contribution is 6.25. The number of allylic oxidation sites excluding steroid dienone is 1. The van der Waals surface area contributed by atoms with Gasteiger partial charge in [-0.1, -0.05) is 60.7 Å². The number of methoxy groups -OCH3 is 1. The normalized spacial score (nSPS) is 22.7. The summed E-state index contributed by atoms with van der Waals surface area (Å²) in [7, 11) is 1.56. The van der Waals surface area contributed by atoms with E-state index in [0.29, 0.717) is 28.2 Å². The Balaban J connectivity index is 1.44. The highest BCUT2D eigenvalue weighted by Crippen LogP contribution is 2.55. The molecule has 0 N–H and O–H groups in total. The van der Waals surface area contributed by atoms with Crippen molar-refractivity contribution >= 4 is 45.5 Å². The van der Waals surface area contributed by atoms with E-state index in [1.807, 2.05) is 54.6 Å². The largest absolute Gasteiger partial charge is 0.497 e. The van der Waals surface area contributed by atoms with Gasteiger partial charge in [-0.25, -0.2) is 4.90 Å². The SMILES string of the molecule is COc1ccc([C@@H]2C=C3c4ccc5ccccc5c4OC(=O)[C@@H]3[C@@H]3C(=O)N(c4cc([N+](=O)[O-])ccc4C)C(=O)[C@H]32)cc1. The number of hydrogen-bond donors (Lipinski definition) is 0. The molecule has 7 rings (SSSR count). The van der Waals surface area contributed by atoms with E-state index in [9.17, 15) is 24.5 Å². The maximum Gasteiger partial charge on any atom is 0.319 e. The number of carbonyl (C=O) groups excluding carboxylic acids is 3. The van der Waals surface area contributed by atoms with Crippen molar-refractivity contribution in [2.45, 2.75) is 12.8 Å². The molecule has 2 heterocycles. The second kappa shape index (κ2) is 9.37.